The molecule has 0 aromatic heterocycles. The third-order valence-electron chi connectivity index (χ3n) is 5.05. The minimum absolute atomic E-state index is 0.0912. The van der Waals surface area contributed by atoms with Gasteiger partial charge in [-0.05, 0) is 27.2 Å². The zero-order valence-electron chi connectivity index (χ0n) is 16.7. The number of hydrogen-bond acceptors (Lipinski definition) is 3. The Morgan fingerprint density at radius 1 is 0.875 bits per heavy atom. The molecule has 1 aliphatic heterocycles. The van der Waals surface area contributed by atoms with Gasteiger partial charge in [0, 0.05) is 6.42 Å². The second kappa shape index (κ2) is 12.3. The van der Waals surface area contributed by atoms with E-state index in [0.29, 0.717) is 0 Å². The molecule has 3 heteroatoms. The first kappa shape index (κ1) is 21.9. The van der Waals surface area contributed by atoms with Gasteiger partial charge >= 0.3 is 0 Å². The van der Waals surface area contributed by atoms with Gasteiger partial charge in [0.05, 0.1) is 18.3 Å². The number of hydrogen-bond donors (Lipinski definition) is 1. The molecule has 24 heavy (non-hydrogen) atoms. The largest absolute Gasteiger partial charge is 0.391 e. The summed E-state index contributed by atoms with van der Waals surface area (Å²) in [6.45, 7) is 7.99. The molecule has 144 valence electrons. The van der Waals surface area contributed by atoms with E-state index in [2.05, 4.69) is 6.92 Å². The van der Waals surface area contributed by atoms with Crippen molar-refractivity contribution in [3.8, 4) is 0 Å². The second-order valence-electron chi connectivity index (χ2n) is 8.10. The van der Waals surface area contributed by atoms with E-state index in [9.17, 15) is 5.11 Å². The van der Waals surface area contributed by atoms with Gasteiger partial charge in [-0.3, -0.25) is 0 Å². The lowest BCUT2D eigenvalue weighted by atomic mass is 9.99. The van der Waals surface area contributed by atoms with Crippen LogP contribution in [0.4, 0.5) is 0 Å². The van der Waals surface area contributed by atoms with Gasteiger partial charge in [0.25, 0.3) is 0 Å². The minimum Gasteiger partial charge on any atom is -0.391 e. The summed E-state index contributed by atoms with van der Waals surface area (Å²) in [6.07, 6.45) is 16.7. The summed E-state index contributed by atoms with van der Waals surface area (Å²) in [7, 11) is 0. The van der Waals surface area contributed by atoms with Crippen LogP contribution in [0.25, 0.3) is 0 Å². The Labute approximate surface area is 150 Å². The van der Waals surface area contributed by atoms with Gasteiger partial charge in [-0.25, -0.2) is 0 Å². The molecule has 3 atom stereocenters. The summed E-state index contributed by atoms with van der Waals surface area (Å²) in [4.78, 5) is 0. The molecular weight excluding hydrogens is 300 g/mol. The van der Waals surface area contributed by atoms with Crippen LogP contribution in [0.3, 0.4) is 0 Å². The Morgan fingerprint density at radius 2 is 1.38 bits per heavy atom. The third kappa shape index (κ3) is 10.0. The first-order chi connectivity index (χ1) is 11.4. The summed E-state index contributed by atoms with van der Waals surface area (Å²) in [5, 5.41) is 9.81. The molecule has 0 bridgehead atoms. The van der Waals surface area contributed by atoms with E-state index in [1.807, 2.05) is 20.8 Å². The van der Waals surface area contributed by atoms with Crippen LogP contribution >= 0.6 is 0 Å². The Bertz CT molecular complexity index is 301. The minimum atomic E-state index is -0.567. The number of rotatable bonds is 13. The Morgan fingerprint density at radius 3 is 1.88 bits per heavy atom. The van der Waals surface area contributed by atoms with Crippen LogP contribution < -0.4 is 0 Å². The topological polar surface area (TPSA) is 38.7 Å². The Hall–Kier alpha value is -0.120. The van der Waals surface area contributed by atoms with Gasteiger partial charge in [0.2, 0.25) is 0 Å². The maximum absolute atomic E-state index is 9.81. The monoisotopic (exact) mass is 342 g/mol. The van der Waals surface area contributed by atoms with E-state index in [-0.39, 0.29) is 12.2 Å². The van der Waals surface area contributed by atoms with Crippen molar-refractivity contribution in [3.05, 3.63) is 0 Å². The molecule has 0 radical (unpaired) electrons. The number of aliphatic hydroxyl groups is 1. The second-order valence-corrected chi connectivity index (χ2v) is 8.10. The molecule has 0 aliphatic carbocycles. The van der Waals surface area contributed by atoms with Crippen LogP contribution in [0, 0.1) is 0 Å². The quantitative estimate of drug-likeness (QED) is 0.418. The molecule has 1 N–H and O–H groups in total. The van der Waals surface area contributed by atoms with Crippen LogP contribution in [0.15, 0.2) is 0 Å². The van der Waals surface area contributed by atoms with Crippen molar-refractivity contribution < 1.29 is 14.6 Å². The average Bonchev–Trinajstić information content (AvgIpc) is 2.51. The molecule has 1 saturated heterocycles. The highest BCUT2D eigenvalue weighted by molar-refractivity contribution is 4.79. The molecule has 0 spiro atoms. The van der Waals surface area contributed by atoms with Gasteiger partial charge < -0.3 is 14.6 Å². The molecule has 0 unspecified atom stereocenters. The third-order valence-corrected chi connectivity index (χ3v) is 5.05. The average molecular weight is 343 g/mol. The van der Waals surface area contributed by atoms with E-state index >= 15 is 0 Å². The fourth-order valence-corrected chi connectivity index (χ4v) is 3.66. The van der Waals surface area contributed by atoms with Crippen molar-refractivity contribution in [1.82, 2.24) is 0 Å². The predicted octanol–water partition coefficient (Wildman–Crippen LogP) is 5.98. The molecule has 1 heterocycles. The van der Waals surface area contributed by atoms with E-state index in [1.54, 1.807) is 0 Å². The van der Waals surface area contributed by atoms with Crippen molar-refractivity contribution in [2.24, 2.45) is 0 Å². The summed E-state index contributed by atoms with van der Waals surface area (Å²) in [6, 6.07) is 0. The number of ether oxygens (including phenoxy) is 2. The summed E-state index contributed by atoms with van der Waals surface area (Å²) < 4.78 is 11.8. The Balaban J connectivity index is 2.00. The van der Waals surface area contributed by atoms with E-state index in [4.69, 9.17) is 9.47 Å². The Kier molecular flexibility index (Phi) is 11.2. The zero-order valence-corrected chi connectivity index (χ0v) is 16.7. The van der Waals surface area contributed by atoms with Crippen LogP contribution in [-0.2, 0) is 9.47 Å². The zero-order chi connectivity index (χ0) is 17.8. The molecule has 1 rings (SSSR count). The molecule has 1 fully saturated rings. The molecule has 3 nitrogen and oxygen atoms in total. The van der Waals surface area contributed by atoms with Crippen molar-refractivity contribution in [1.29, 1.82) is 0 Å². The summed E-state index contributed by atoms with van der Waals surface area (Å²) in [5.41, 5.74) is 0. The smallest absolute Gasteiger partial charge is 0.163 e. The van der Waals surface area contributed by atoms with Gasteiger partial charge in [0.1, 0.15) is 0 Å². The van der Waals surface area contributed by atoms with Crippen LogP contribution in [-0.4, -0.2) is 29.2 Å². The SMILES string of the molecule is CCCCCCCCCCCCC[C@H]1C[C@@H]([C@@H](C)O)OC(C)(C)O1. The molecule has 0 aromatic carbocycles. The lowest BCUT2D eigenvalue weighted by Crippen LogP contribution is -2.48. The highest BCUT2D eigenvalue weighted by Gasteiger charge is 2.36. The predicted molar refractivity (Wildman–Crippen MR) is 101 cm³/mol. The van der Waals surface area contributed by atoms with Crippen molar-refractivity contribution in [2.45, 2.75) is 135 Å². The molecule has 1 aliphatic rings. The van der Waals surface area contributed by atoms with Crippen molar-refractivity contribution in [3.63, 3.8) is 0 Å². The van der Waals surface area contributed by atoms with Crippen LogP contribution in [0.5, 0.6) is 0 Å². The first-order valence-electron chi connectivity index (χ1n) is 10.5. The van der Waals surface area contributed by atoms with E-state index in [1.165, 1.54) is 70.6 Å². The van der Waals surface area contributed by atoms with Gasteiger partial charge in [-0.1, -0.05) is 77.6 Å². The fourth-order valence-electron chi connectivity index (χ4n) is 3.66. The van der Waals surface area contributed by atoms with Crippen molar-refractivity contribution >= 4 is 0 Å². The van der Waals surface area contributed by atoms with Gasteiger partial charge in [-0.15, -0.1) is 0 Å². The molecule has 0 aromatic rings. The molecule has 0 saturated carbocycles. The summed E-state index contributed by atoms with van der Waals surface area (Å²) in [5.74, 6) is -0.567. The van der Waals surface area contributed by atoms with Gasteiger partial charge in [-0.2, -0.15) is 0 Å². The van der Waals surface area contributed by atoms with Crippen molar-refractivity contribution in [2.75, 3.05) is 0 Å². The standard InChI is InChI=1S/C21H42O3/c1-5-6-7-8-9-10-11-12-13-14-15-16-19-17-20(18(2)22)24-21(3,4)23-19/h18-20,22H,5-17H2,1-4H3/t18-,19+,20+/m1/s1. The van der Waals surface area contributed by atoms with E-state index in [0.717, 1.165) is 12.8 Å². The maximum Gasteiger partial charge on any atom is 0.163 e. The molecular formula is C21H42O3. The normalized spacial score (nSPS) is 24.9. The lowest BCUT2D eigenvalue weighted by Gasteiger charge is -2.42. The highest BCUT2D eigenvalue weighted by atomic mass is 16.7. The molecule has 0 amide bonds. The maximum atomic E-state index is 9.81. The summed E-state index contributed by atoms with van der Waals surface area (Å²) >= 11 is 0. The first-order valence-corrected chi connectivity index (χ1v) is 10.5. The van der Waals surface area contributed by atoms with Gasteiger partial charge in [0.15, 0.2) is 5.79 Å². The fraction of sp³-hybridized carbons (Fsp3) is 1.00. The number of unbranched alkanes of at least 4 members (excludes halogenated alkanes) is 10. The highest BCUT2D eigenvalue weighted by Crippen LogP contribution is 2.30. The number of aliphatic hydroxyl groups excluding tert-OH is 1. The van der Waals surface area contributed by atoms with Crippen LogP contribution in [0.2, 0.25) is 0 Å². The van der Waals surface area contributed by atoms with E-state index < -0.39 is 11.9 Å². The van der Waals surface area contributed by atoms with Crippen LogP contribution in [0.1, 0.15) is 111 Å². The lowest BCUT2D eigenvalue weighted by molar-refractivity contribution is -0.312.